The average Bonchev–Trinajstić information content (AvgIpc) is 3.12. The minimum Gasteiger partial charge on any atom is -0.360 e. The van der Waals surface area contributed by atoms with Crippen LogP contribution in [0.2, 0.25) is 0 Å². The van der Waals surface area contributed by atoms with Crippen molar-refractivity contribution in [2.75, 3.05) is 23.3 Å². The van der Waals surface area contributed by atoms with Crippen molar-refractivity contribution in [3.8, 4) is 0 Å². The highest BCUT2D eigenvalue weighted by molar-refractivity contribution is 5.77. The molecular weight excluding hydrogens is 325 g/mol. The average molecular weight is 357 g/mol. The van der Waals surface area contributed by atoms with Gasteiger partial charge in [-0.2, -0.15) is 0 Å². The van der Waals surface area contributed by atoms with Crippen LogP contribution in [0.3, 0.4) is 0 Å². The van der Waals surface area contributed by atoms with E-state index in [1.54, 1.807) is 0 Å². The van der Waals surface area contributed by atoms with Gasteiger partial charge in [-0.1, -0.05) is 25.0 Å². The number of nitrogens with one attached hydrogen (secondary N) is 1. The minimum absolute atomic E-state index is 0.545. The summed E-state index contributed by atoms with van der Waals surface area (Å²) in [5.74, 6) is 1.41. The van der Waals surface area contributed by atoms with Gasteiger partial charge < -0.3 is 10.2 Å². The molecule has 26 heavy (non-hydrogen) atoms. The maximum absolute atomic E-state index is 14.1. The lowest BCUT2D eigenvalue weighted by molar-refractivity contribution is 0.00578. The maximum Gasteiger partial charge on any atom is 0.139 e. The van der Waals surface area contributed by atoms with Crippen LogP contribution in [0.4, 0.5) is 15.8 Å². The molecule has 1 aromatic rings. The lowest BCUT2D eigenvalue weighted by Gasteiger charge is -2.49. The van der Waals surface area contributed by atoms with Crippen molar-refractivity contribution in [3.05, 3.63) is 30.9 Å². The van der Waals surface area contributed by atoms with Gasteiger partial charge in [-0.3, -0.25) is 4.90 Å². The summed E-state index contributed by atoms with van der Waals surface area (Å²) in [4.78, 5) is 5.16. The number of piperidine rings is 1. The number of hydrogen-bond acceptors (Lipinski definition) is 3. The third-order valence-electron chi connectivity index (χ3n) is 7.46. The highest BCUT2D eigenvalue weighted by Gasteiger charge is 2.42. The van der Waals surface area contributed by atoms with Crippen molar-refractivity contribution in [1.29, 1.82) is 0 Å². The second kappa shape index (κ2) is 7.03. The SMILES string of the molecule is FC1CCC2CCCC(N3CCC(N4[CH]Nc5ccccc54)CC3)C2C1. The van der Waals surface area contributed by atoms with Crippen LogP contribution in [-0.2, 0) is 0 Å². The number of anilines is 2. The topological polar surface area (TPSA) is 18.5 Å². The van der Waals surface area contributed by atoms with E-state index in [0.717, 1.165) is 25.2 Å². The van der Waals surface area contributed by atoms with Gasteiger partial charge in [-0.15, -0.1) is 0 Å². The number of hydrogen-bond donors (Lipinski definition) is 1. The lowest BCUT2D eigenvalue weighted by Crippen LogP contribution is -2.53. The van der Waals surface area contributed by atoms with Crippen molar-refractivity contribution in [3.63, 3.8) is 0 Å². The van der Waals surface area contributed by atoms with Gasteiger partial charge >= 0.3 is 0 Å². The maximum atomic E-state index is 14.1. The van der Waals surface area contributed by atoms with Crippen LogP contribution in [-0.4, -0.2) is 36.2 Å². The standard InChI is InChI=1S/C22H31FN3/c23-17-9-8-16-4-3-7-21(19(16)14-17)25-12-10-18(11-13-25)26-15-24-20-5-1-2-6-22(20)26/h1-2,5-6,15-19,21,24H,3-4,7-14H2. The van der Waals surface area contributed by atoms with E-state index in [-0.39, 0.29) is 0 Å². The van der Waals surface area contributed by atoms with Crippen LogP contribution < -0.4 is 10.2 Å². The molecular formula is C22H31FN3. The van der Waals surface area contributed by atoms with Crippen molar-refractivity contribution >= 4 is 11.4 Å². The molecule has 141 valence electrons. The molecule has 1 N–H and O–H groups in total. The summed E-state index contributed by atoms with van der Waals surface area (Å²) in [6.07, 6.45) is 8.62. The smallest absolute Gasteiger partial charge is 0.139 e. The Labute approximate surface area is 156 Å². The molecule has 4 aliphatic rings. The summed E-state index contributed by atoms with van der Waals surface area (Å²) in [7, 11) is 0. The van der Waals surface area contributed by atoms with Crippen molar-refractivity contribution in [2.24, 2.45) is 11.8 Å². The highest BCUT2D eigenvalue weighted by Crippen LogP contribution is 2.44. The van der Waals surface area contributed by atoms with Crippen molar-refractivity contribution in [1.82, 2.24) is 4.90 Å². The Morgan fingerprint density at radius 1 is 0.962 bits per heavy atom. The number of para-hydroxylation sites is 2. The number of benzene rings is 1. The number of alkyl halides is 1. The molecule has 2 aliphatic heterocycles. The van der Waals surface area contributed by atoms with Crippen LogP contribution in [0.15, 0.2) is 24.3 Å². The van der Waals surface area contributed by atoms with E-state index in [4.69, 9.17) is 0 Å². The number of likely N-dealkylation sites (tertiary alicyclic amines) is 1. The molecule has 0 amide bonds. The first-order valence-electron chi connectivity index (χ1n) is 10.6. The number of halogens is 1. The first kappa shape index (κ1) is 16.9. The van der Waals surface area contributed by atoms with Gasteiger partial charge in [0.05, 0.1) is 11.4 Å². The van der Waals surface area contributed by atoms with E-state index in [1.165, 1.54) is 56.6 Å². The van der Waals surface area contributed by atoms with Crippen molar-refractivity contribution < 1.29 is 4.39 Å². The van der Waals surface area contributed by atoms with E-state index in [9.17, 15) is 4.39 Å². The molecule has 0 aromatic heterocycles. The van der Waals surface area contributed by atoms with Crippen molar-refractivity contribution in [2.45, 2.75) is 69.6 Å². The first-order valence-corrected chi connectivity index (χ1v) is 10.6. The molecule has 1 saturated heterocycles. The van der Waals surface area contributed by atoms with E-state index in [2.05, 4.69) is 46.1 Å². The van der Waals surface area contributed by atoms with Gasteiger partial charge in [0.15, 0.2) is 0 Å². The summed E-state index contributed by atoms with van der Waals surface area (Å²) in [6.45, 7) is 4.49. The molecule has 2 heterocycles. The molecule has 1 aromatic carbocycles. The predicted molar refractivity (Wildman–Crippen MR) is 105 cm³/mol. The van der Waals surface area contributed by atoms with Gasteiger partial charge in [0, 0.05) is 25.2 Å². The molecule has 2 aliphatic carbocycles. The largest absolute Gasteiger partial charge is 0.360 e. The van der Waals surface area contributed by atoms with Crippen LogP contribution in [0.1, 0.15) is 51.4 Å². The quantitative estimate of drug-likeness (QED) is 0.820. The van der Waals surface area contributed by atoms with E-state index >= 15 is 0 Å². The number of rotatable bonds is 2. The monoisotopic (exact) mass is 356 g/mol. The van der Waals surface area contributed by atoms with E-state index in [0.29, 0.717) is 18.0 Å². The van der Waals surface area contributed by atoms with Gasteiger partial charge in [0.1, 0.15) is 12.8 Å². The van der Waals surface area contributed by atoms with Gasteiger partial charge in [0.25, 0.3) is 0 Å². The Balaban J connectivity index is 1.23. The molecule has 0 spiro atoms. The van der Waals surface area contributed by atoms with Crippen LogP contribution >= 0.6 is 0 Å². The molecule has 2 saturated carbocycles. The summed E-state index contributed by atoms with van der Waals surface area (Å²) in [5.41, 5.74) is 2.54. The number of nitrogens with zero attached hydrogens (tertiary/aromatic N) is 2. The zero-order chi connectivity index (χ0) is 17.5. The molecule has 4 atom stereocenters. The second-order valence-electron chi connectivity index (χ2n) is 8.80. The normalized spacial score (nSPS) is 35.7. The molecule has 3 nitrogen and oxygen atoms in total. The van der Waals surface area contributed by atoms with Crippen LogP contribution in [0.25, 0.3) is 0 Å². The molecule has 5 rings (SSSR count). The summed E-state index contributed by atoms with van der Waals surface area (Å²) >= 11 is 0. The molecule has 0 bridgehead atoms. The fourth-order valence-corrected chi connectivity index (χ4v) is 6.13. The Kier molecular flexibility index (Phi) is 4.56. The van der Waals surface area contributed by atoms with Gasteiger partial charge in [0.2, 0.25) is 0 Å². The summed E-state index contributed by atoms with van der Waals surface area (Å²) in [6, 6.07) is 9.81. The van der Waals surface area contributed by atoms with Crippen LogP contribution in [0, 0.1) is 18.5 Å². The third-order valence-corrected chi connectivity index (χ3v) is 7.46. The Bertz CT molecular complexity index is 628. The fourth-order valence-electron chi connectivity index (χ4n) is 6.13. The van der Waals surface area contributed by atoms with E-state index < -0.39 is 6.17 Å². The zero-order valence-electron chi connectivity index (χ0n) is 15.6. The molecule has 1 radical (unpaired) electrons. The van der Waals surface area contributed by atoms with E-state index in [1.807, 2.05) is 0 Å². The Morgan fingerprint density at radius 2 is 1.81 bits per heavy atom. The summed E-state index contributed by atoms with van der Waals surface area (Å²) in [5, 5.41) is 3.41. The Morgan fingerprint density at radius 3 is 2.69 bits per heavy atom. The van der Waals surface area contributed by atoms with Gasteiger partial charge in [-0.05, 0) is 62.5 Å². The second-order valence-corrected chi connectivity index (χ2v) is 8.80. The molecule has 4 unspecified atom stereocenters. The van der Waals surface area contributed by atoms with Gasteiger partial charge in [-0.25, -0.2) is 4.39 Å². The third kappa shape index (κ3) is 3.00. The van der Waals surface area contributed by atoms with Crippen LogP contribution in [0.5, 0.6) is 0 Å². The molecule has 4 heteroatoms. The minimum atomic E-state index is -0.545. The fraction of sp³-hybridized carbons (Fsp3) is 0.682. The molecule has 3 fully saturated rings. The lowest BCUT2D eigenvalue weighted by atomic mass is 9.67. The zero-order valence-corrected chi connectivity index (χ0v) is 15.6. The Hall–Kier alpha value is -1.29. The number of fused-ring (bicyclic) bond motifs is 2. The first-order chi connectivity index (χ1) is 12.8. The summed E-state index contributed by atoms with van der Waals surface area (Å²) < 4.78 is 14.1. The predicted octanol–water partition coefficient (Wildman–Crippen LogP) is 4.81. The highest BCUT2D eigenvalue weighted by atomic mass is 19.1.